The number of guanidine groups is 1. The van der Waals surface area contributed by atoms with E-state index in [1.165, 1.54) is 10.9 Å². The molecule has 0 saturated heterocycles. The monoisotopic (exact) mass is 515 g/mol. The third-order valence-electron chi connectivity index (χ3n) is 3.28. The van der Waals surface area contributed by atoms with Gasteiger partial charge in [0.2, 0.25) is 10.0 Å². The van der Waals surface area contributed by atoms with E-state index < -0.39 is 10.0 Å². The van der Waals surface area contributed by atoms with E-state index in [-0.39, 0.29) is 28.2 Å². The number of halogens is 1. The van der Waals surface area contributed by atoms with Crippen molar-refractivity contribution < 1.29 is 8.42 Å². The molecule has 0 aliphatic heterocycles. The zero-order chi connectivity index (χ0) is 17.7. The molecule has 2 heterocycles. The van der Waals surface area contributed by atoms with Crippen molar-refractivity contribution in [3.8, 4) is 0 Å². The molecular weight excluding hydrogens is 493 g/mol. The Labute approximate surface area is 173 Å². The number of sulfonamides is 1. The van der Waals surface area contributed by atoms with Crippen molar-refractivity contribution in [3.63, 3.8) is 0 Å². The molecule has 0 radical (unpaired) electrons. The van der Waals surface area contributed by atoms with Gasteiger partial charge in [-0.05, 0) is 26.0 Å². The van der Waals surface area contributed by atoms with Crippen LogP contribution < -0.4 is 15.8 Å². The van der Waals surface area contributed by atoms with Crippen molar-refractivity contribution in [2.45, 2.75) is 31.0 Å². The van der Waals surface area contributed by atoms with Gasteiger partial charge in [0.1, 0.15) is 4.21 Å². The van der Waals surface area contributed by atoms with Gasteiger partial charge in [-0.2, -0.15) is 0 Å². The Morgan fingerprint density at radius 1 is 1.28 bits per heavy atom. The summed E-state index contributed by atoms with van der Waals surface area (Å²) in [6.07, 6.45) is 0.828. The maximum atomic E-state index is 11.3. The first kappa shape index (κ1) is 22.3. The molecule has 2 aromatic rings. The van der Waals surface area contributed by atoms with Gasteiger partial charge in [0.15, 0.2) is 5.96 Å². The number of thiophene rings is 1. The molecule has 2 rings (SSSR count). The van der Waals surface area contributed by atoms with Crippen LogP contribution in [-0.4, -0.2) is 33.0 Å². The van der Waals surface area contributed by atoms with E-state index in [2.05, 4.69) is 27.5 Å². The number of hydrogen-bond donors (Lipinski definition) is 3. The fraction of sp³-hybridized carbons (Fsp3) is 0.429. The number of nitrogens with zero attached hydrogens (tertiary/aromatic N) is 2. The van der Waals surface area contributed by atoms with E-state index in [0.29, 0.717) is 12.5 Å². The second-order valence-corrected chi connectivity index (χ2v) is 9.36. The molecule has 2 aromatic heterocycles. The number of nitrogens with two attached hydrogens (primary N) is 1. The number of aliphatic imine (C=N–C) groups is 1. The molecule has 11 heteroatoms. The number of nitrogens with one attached hydrogen (secondary N) is 2. The second kappa shape index (κ2) is 9.80. The molecule has 25 heavy (non-hydrogen) atoms. The Bertz CT molecular complexity index is 810. The molecule has 4 N–H and O–H groups in total. The zero-order valence-electron chi connectivity index (χ0n) is 14.2. The SMILES string of the molecule is CN=C(NCCc1nc(C)c(C)s1)NCc1ccc(S(N)(=O)=O)s1.I. The number of aryl methyl sites for hydroxylation is 2. The Morgan fingerprint density at radius 3 is 2.52 bits per heavy atom. The summed E-state index contributed by atoms with van der Waals surface area (Å²) < 4.78 is 22.7. The molecule has 0 amide bonds. The van der Waals surface area contributed by atoms with E-state index in [0.717, 1.165) is 39.9 Å². The molecule has 0 fully saturated rings. The topological polar surface area (TPSA) is 109 Å². The first-order valence-corrected chi connectivity index (χ1v) is 10.5. The van der Waals surface area contributed by atoms with Crippen LogP contribution in [0.25, 0.3) is 0 Å². The van der Waals surface area contributed by atoms with Gasteiger partial charge in [-0.1, -0.05) is 0 Å². The first-order valence-electron chi connectivity index (χ1n) is 7.28. The lowest BCUT2D eigenvalue weighted by Crippen LogP contribution is -2.37. The number of hydrogen-bond acceptors (Lipinski definition) is 6. The van der Waals surface area contributed by atoms with Gasteiger partial charge in [0, 0.05) is 29.8 Å². The summed E-state index contributed by atoms with van der Waals surface area (Å²) in [6.45, 7) is 5.29. The van der Waals surface area contributed by atoms with Crippen LogP contribution in [0, 0.1) is 13.8 Å². The van der Waals surface area contributed by atoms with E-state index in [9.17, 15) is 8.42 Å². The van der Waals surface area contributed by atoms with Crippen molar-refractivity contribution in [3.05, 3.63) is 32.6 Å². The molecule has 140 valence electrons. The second-order valence-electron chi connectivity index (χ2n) is 5.12. The summed E-state index contributed by atoms with van der Waals surface area (Å²) in [4.78, 5) is 10.8. The number of rotatable bonds is 6. The zero-order valence-corrected chi connectivity index (χ0v) is 19.0. The molecule has 0 spiro atoms. The molecule has 0 aliphatic rings. The fourth-order valence-corrected chi connectivity index (χ4v) is 4.58. The van der Waals surface area contributed by atoms with Gasteiger partial charge in [0.05, 0.1) is 17.2 Å². The van der Waals surface area contributed by atoms with Crippen molar-refractivity contribution in [2.75, 3.05) is 13.6 Å². The summed E-state index contributed by atoms with van der Waals surface area (Å²) >= 11 is 2.86. The highest BCUT2D eigenvalue weighted by atomic mass is 127. The lowest BCUT2D eigenvalue weighted by atomic mass is 10.4. The van der Waals surface area contributed by atoms with Gasteiger partial charge >= 0.3 is 0 Å². The van der Waals surface area contributed by atoms with E-state index >= 15 is 0 Å². The Kier molecular flexibility index (Phi) is 8.74. The average molecular weight is 515 g/mol. The molecule has 0 unspecified atom stereocenters. The van der Waals surface area contributed by atoms with Crippen LogP contribution >= 0.6 is 46.7 Å². The standard InChI is InChI=1S/C14H21N5O2S3.HI/c1-9-10(2)22-12(19-9)6-7-17-14(16-3)18-8-11-4-5-13(23-11)24(15,20)21;/h4-5H,6-8H2,1-3H3,(H2,15,20,21)(H2,16,17,18);1H. The number of aromatic nitrogens is 1. The van der Waals surface area contributed by atoms with E-state index in [1.807, 2.05) is 6.92 Å². The van der Waals surface area contributed by atoms with Crippen LogP contribution in [0.5, 0.6) is 0 Å². The third-order valence-corrected chi connectivity index (χ3v) is 6.93. The lowest BCUT2D eigenvalue weighted by Gasteiger charge is -2.10. The fourth-order valence-electron chi connectivity index (χ4n) is 1.93. The summed E-state index contributed by atoms with van der Waals surface area (Å²) in [7, 11) is -1.94. The largest absolute Gasteiger partial charge is 0.356 e. The predicted molar refractivity (Wildman–Crippen MR) is 115 cm³/mol. The normalized spacial score (nSPS) is 11.9. The molecular formula is C14H22IN5O2S3. The highest BCUT2D eigenvalue weighted by molar-refractivity contribution is 14.0. The molecule has 0 bridgehead atoms. The highest BCUT2D eigenvalue weighted by Gasteiger charge is 2.11. The van der Waals surface area contributed by atoms with Crippen LogP contribution in [0.4, 0.5) is 0 Å². The van der Waals surface area contributed by atoms with Gasteiger partial charge < -0.3 is 10.6 Å². The smallest absolute Gasteiger partial charge is 0.247 e. The van der Waals surface area contributed by atoms with Gasteiger partial charge in [-0.25, -0.2) is 18.5 Å². The maximum Gasteiger partial charge on any atom is 0.247 e. The van der Waals surface area contributed by atoms with E-state index in [4.69, 9.17) is 5.14 Å². The molecule has 0 saturated carbocycles. The molecule has 0 aliphatic carbocycles. The minimum Gasteiger partial charge on any atom is -0.356 e. The summed E-state index contributed by atoms with van der Waals surface area (Å²) in [6, 6.07) is 3.26. The van der Waals surface area contributed by atoms with Crippen molar-refractivity contribution in [2.24, 2.45) is 10.1 Å². The summed E-state index contributed by atoms with van der Waals surface area (Å²) in [5.74, 6) is 0.658. The van der Waals surface area contributed by atoms with Gasteiger partial charge in [-0.15, -0.1) is 46.7 Å². The van der Waals surface area contributed by atoms with Crippen LogP contribution in [-0.2, 0) is 23.0 Å². The van der Waals surface area contributed by atoms with Gasteiger partial charge in [0.25, 0.3) is 0 Å². The van der Waals surface area contributed by atoms with Crippen LogP contribution in [0.1, 0.15) is 20.5 Å². The highest BCUT2D eigenvalue weighted by Crippen LogP contribution is 2.20. The quantitative estimate of drug-likeness (QED) is 0.310. The molecule has 0 atom stereocenters. The summed E-state index contributed by atoms with van der Waals surface area (Å²) in [5.41, 5.74) is 1.08. The minimum absolute atomic E-state index is 0. The Hall–Kier alpha value is -0.760. The number of thiazole rings is 1. The van der Waals surface area contributed by atoms with Crippen LogP contribution in [0.3, 0.4) is 0 Å². The first-order chi connectivity index (χ1) is 11.3. The Morgan fingerprint density at radius 2 is 2.00 bits per heavy atom. The molecule has 7 nitrogen and oxygen atoms in total. The maximum absolute atomic E-state index is 11.3. The van der Waals surface area contributed by atoms with Crippen molar-refractivity contribution in [1.29, 1.82) is 0 Å². The van der Waals surface area contributed by atoms with Crippen molar-refractivity contribution in [1.82, 2.24) is 15.6 Å². The third kappa shape index (κ3) is 6.81. The summed E-state index contributed by atoms with van der Waals surface area (Å²) in [5, 5.41) is 12.6. The predicted octanol–water partition coefficient (Wildman–Crippen LogP) is 1.99. The number of primary sulfonamides is 1. The minimum atomic E-state index is -3.63. The van der Waals surface area contributed by atoms with Gasteiger partial charge in [-0.3, -0.25) is 4.99 Å². The van der Waals surface area contributed by atoms with Crippen LogP contribution in [0.2, 0.25) is 0 Å². The lowest BCUT2D eigenvalue weighted by molar-refractivity contribution is 0.600. The molecule has 0 aromatic carbocycles. The van der Waals surface area contributed by atoms with Crippen molar-refractivity contribution >= 4 is 62.6 Å². The average Bonchev–Trinajstić information content (AvgIpc) is 3.10. The van der Waals surface area contributed by atoms with E-state index in [1.54, 1.807) is 24.5 Å². The van der Waals surface area contributed by atoms with Crippen LogP contribution in [0.15, 0.2) is 21.3 Å². The Balaban J connectivity index is 0.00000312.